The first-order chi connectivity index (χ1) is 9.25. The molecule has 0 aliphatic rings. The lowest BCUT2D eigenvalue weighted by atomic mass is 9.86. The van der Waals surface area contributed by atoms with Gasteiger partial charge in [0.15, 0.2) is 0 Å². The molecule has 0 aliphatic heterocycles. The van der Waals surface area contributed by atoms with Gasteiger partial charge in [-0.2, -0.15) is 0 Å². The summed E-state index contributed by atoms with van der Waals surface area (Å²) >= 11 is 0. The van der Waals surface area contributed by atoms with Gasteiger partial charge in [0.2, 0.25) is 0 Å². The van der Waals surface area contributed by atoms with Crippen LogP contribution < -0.4 is 5.73 Å². The monoisotopic (exact) mass is 273 g/mol. The molecule has 1 aromatic heterocycles. The van der Waals surface area contributed by atoms with Gasteiger partial charge in [0.1, 0.15) is 0 Å². The van der Waals surface area contributed by atoms with Crippen molar-refractivity contribution < 1.29 is 0 Å². The topological polar surface area (TPSA) is 45.1 Å². The van der Waals surface area contributed by atoms with Crippen molar-refractivity contribution in [3.05, 3.63) is 35.0 Å². The van der Waals surface area contributed by atoms with Gasteiger partial charge in [0.05, 0.1) is 0 Å². The quantitative estimate of drug-likeness (QED) is 0.901. The van der Waals surface area contributed by atoms with Crippen molar-refractivity contribution in [2.45, 2.75) is 39.2 Å². The maximum atomic E-state index is 5.99. The highest BCUT2D eigenvalue weighted by molar-refractivity contribution is 5.86. The maximum Gasteiger partial charge on any atom is 0.0488 e. The van der Waals surface area contributed by atoms with Gasteiger partial charge in [-0.3, -0.25) is 0 Å². The summed E-state index contributed by atoms with van der Waals surface area (Å²) in [7, 11) is 4.17. The molecular weight excluding hydrogens is 246 g/mol. The number of aromatic amines is 1. The first-order valence-corrected chi connectivity index (χ1v) is 7.25. The Balaban J connectivity index is 2.67. The van der Waals surface area contributed by atoms with Crippen molar-refractivity contribution >= 4 is 10.9 Å². The summed E-state index contributed by atoms with van der Waals surface area (Å²) in [5, 5.41) is 1.30. The summed E-state index contributed by atoms with van der Waals surface area (Å²) in [5.74, 6) is 0. The molecule has 2 rings (SSSR count). The Morgan fingerprint density at radius 2 is 1.90 bits per heavy atom. The first-order valence-electron chi connectivity index (χ1n) is 7.25. The second kappa shape index (κ2) is 5.23. The van der Waals surface area contributed by atoms with E-state index in [0.29, 0.717) is 6.54 Å². The maximum absolute atomic E-state index is 5.99. The zero-order valence-electron chi connectivity index (χ0n) is 13.5. The highest BCUT2D eigenvalue weighted by atomic mass is 15.1. The fraction of sp³-hybridized carbons (Fsp3) is 0.529. The van der Waals surface area contributed by atoms with E-state index in [9.17, 15) is 0 Å². The normalized spacial score (nSPS) is 14.2. The van der Waals surface area contributed by atoms with Crippen LogP contribution in [-0.4, -0.2) is 30.5 Å². The van der Waals surface area contributed by atoms with Gasteiger partial charge >= 0.3 is 0 Å². The van der Waals surface area contributed by atoms with Gasteiger partial charge in [0, 0.05) is 29.2 Å². The molecule has 0 saturated carbocycles. The minimum absolute atomic E-state index is 0.160. The summed E-state index contributed by atoms with van der Waals surface area (Å²) in [4.78, 5) is 5.69. The number of aryl methyl sites for hydroxylation is 1. The van der Waals surface area contributed by atoms with Crippen molar-refractivity contribution in [1.29, 1.82) is 0 Å². The summed E-state index contributed by atoms with van der Waals surface area (Å²) in [6, 6.07) is 6.98. The van der Waals surface area contributed by atoms with Crippen molar-refractivity contribution in [2.75, 3.05) is 20.6 Å². The van der Waals surface area contributed by atoms with E-state index in [1.165, 1.54) is 27.7 Å². The van der Waals surface area contributed by atoms with Crippen molar-refractivity contribution in [1.82, 2.24) is 9.88 Å². The molecule has 3 nitrogen and oxygen atoms in total. The first kappa shape index (κ1) is 15.1. The molecule has 0 amide bonds. The molecule has 1 atom stereocenters. The lowest BCUT2D eigenvalue weighted by molar-refractivity contribution is 0.307. The molecule has 20 heavy (non-hydrogen) atoms. The molecular formula is C17H27N3. The van der Waals surface area contributed by atoms with Crippen LogP contribution in [-0.2, 0) is 5.41 Å². The van der Waals surface area contributed by atoms with Crippen LogP contribution in [0.25, 0.3) is 10.9 Å². The number of likely N-dealkylation sites (N-methyl/N-ethyl adjacent to an activating group) is 1. The van der Waals surface area contributed by atoms with E-state index in [1.54, 1.807) is 0 Å². The number of hydrogen-bond acceptors (Lipinski definition) is 2. The third kappa shape index (κ3) is 2.60. The predicted molar refractivity (Wildman–Crippen MR) is 87.2 cm³/mol. The number of benzene rings is 1. The predicted octanol–water partition coefficient (Wildman–Crippen LogP) is 3.34. The Labute approximate surface area is 122 Å². The van der Waals surface area contributed by atoms with Crippen LogP contribution in [0.3, 0.4) is 0 Å². The molecule has 3 N–H and O–H groups in total. The smallest absolute Gasteiger partial charge is 0.0488 e. The Kier molecular flexibility index (Phi) is 3.94. The molecule has 0 radical (unpaired) electrons. The summed E-state index contributed by atoms with van der Waals surface area (Å²) < 4.78 is 0. The third-order valence-corrected chi connectivity index (χ3v) is 4.08. The molecule has 2 aromatic rings. The van der Waals surface area contributed by atoms with Crippen LogP contribution in [0.2, 0.25) is 0 Å². The van der Waals surface area contributed by atoms with E-state index >= 15 is 0 Å². The summed E-state index contributed by atoms with van der Waals surface area (Å²) in [6.45, 7) is 9.51. The van der Waals surface area contributed by atoms with Gasteiger partial charge in [-0.15, -0.1) is 0 Å². The standard InChI is InChI=1S/C17H27N3/c1-11-16(15(10-18)20(5)6)13-9-12(17(2,3)4)7-8-14(13)19-11/h7-9,15,19H,10,18H2,1-6H3. The van der Waals surface area contributed by atoms with Gasteiger partial charge < -0.3 is 15.6 Å². The van der Waals surface area contributed by atoms with E-state index in [1.807, 2.05) is 0 Å². The number of nitrogens with one attached hydrogen (secondary N) is 1. The van der Waals surface area contributed by atoms with Crippen LogP contribution in [0.5, 0.6) is 0 Å². The van der Waals surface area contributed by atoms with Crippen molar-refractivity contribution in [3.8, 4) is 0 Å². The molecule has 0 bridgehead atoms. The second-order valence-electron chi connectivity index (χ2n) is 6.89. The molecule has 0 saturated heterocycles. The van der Waals surface area contributed by atoms with E-state index < -0.39 is 0 Å². The van der Waals surface area contributed by atoms with Gasteiger partial charge in [0.25, 0.3) is 0 Å². The van der Waals surface area contributed by atoms with E-state index in [0.717, 1.165) is 0 Å². The fourth-order valence-electron chi connectivity index (χ4n) is 2.83. The minimum Gasteiger partial charge on any atom is -0.358 e. The number of aromatic nitrogens is 1. The van der Waals surface area contributed by atoms with E-state index in [-0.39, 0.29) is 11.5 Å². The average Bonchev–Trinajstić information content (AvgIpc) is 2.65. The number of rotatable bonds is 3. The Morgan fingerprint density at radius 1 is 1.25 bits per heavy atom. The molecule has 3 heteroatoms. The molecule has 1 heterocycles. The van der Waals surface area contributed by atoms with E-state index in [2.05, 4.69) is 69.9 Å². The summed E-state index contributed by atoms with van der Waals surface area (Å²) in [6.07, 6.45) is 0. The Morgan fingerprint density at radius 3 is 2.40 bits per heavy atom. The Hall–Kier alpha value is -1.32. The van der Waals surface area contributed by atoms with Crippen LogP contribution in [0.15, 0.2) is 18.2 Å². The summed E-state index contributed by atoms with van der Waals surface area (Å²) in [5.41, 5.74) is 11.3. The molecule has 110 valence electrons. The number of hydrogen-bond donors (Lipinski definition) is 2. The van der Waals surface area contributed by atoms with Crippen LogP contribution in [0, 0.1) is 6.92 Å². The number of nitrogens with two attached hydrogens (primary N) is 1. The van der Waals surface area contributed by atoms with Gasteiger partial charge in [-0.1, -0.05) is 26.8 Å². The minimum atomic E-state index is 0.160. The van der Waals surface area contributed by atoms with Crippen LogP contribution in [0.4, 0.5) is 0 Å². The van der Waals surface area contributed by atoms with Crippen LogP contribution >= 0.6 is 0 Å². The fourth-order valence-corrected chi connectivity index (χ4v) is 2.83. The van der Waals surface area contributed by atoms with Crippen molar-refractivity contribution in [2.24, 2.45) is 5.73 Å². The van der Waals surface area contributed by atoms with Gasteiger partial charge in [-0.25, -0.2) is 0 Å². The van der Waals surface area contributed by atoms with Gasteiger partial charge in [-0.05, 0) is 49.7 Å². The number of H-pyrrole nitrogens is 1. The lowest BCUT2D eigenvalue weighted by Gasteiger charge is -2.24. The van der Waals surface area contributed by atoms with Crippen molar-refractivity contribution in [3.63, 3.8) is 0 Å². The Bertz CT molecular complexity index is 602. The molecule has 1 aromatic carbocycles. The number of nitrogens with zero attached hydrogens (tertiary/aromatic N) is 1. The molecule has 0 spiro atoms. The van der Waals surface area contributed by atoms with Crippen LogP contribution in [0.1, 0.15) is 43.6 Å². The third-order valence-electron chi connectivity index (χ3n) is 4.08. The lowest BCUT2D eigenvalue weighted by Crippen LogP contribution is -2.27. The zero-order chi connectivity index (χ0) is 15.1. The highest BCUT2D eigenvalue weighted by Gasteiger charge is 2.21. The molecule has 1 unspecified atom stereocenters. The molecule has 0 fully saturated rings. The second-order valence-corrected chi connectivity index (χ2v) is 6.89. The SMILES string of the molecule is Cc1[nH]c2ccc(C(C)(C)C)cc2c1C(CN)N(C)C. The van der Waals surface area contributed by atoms with E-state index in [4.69, 9.17) is 5.73 Å². The average molecular weight is 273 g/mol. The molecule has 0 aliphatic carbocycles. The zero-order valence-corrected chi connectivity index (χ0v) is 13.5. The number of fused-ring (bicyclic) bond motifs is 1. The highest BCUT2D eigenvalue weighted by Crippen LogP contribution is 2.33. The largest absolute Gasteiger partial charge is 0.358 e.